The van der Waals surface area contributed by atoms with Gasteiger partial charge in [-0.2, -0.15) is 5.26 Å². The van der Waals surface area contributed by atoms with E-state index in [2.05, 4.69) is 4.98 Å². The van der Waals surface area contributed by atoms with Crippen LogP contribution in [0.2, 0.25) is 0 Å². The van der Waals surface area contributed by atoms with Gasteiger partial charge in [-0.15, -0.1) is 11.3 Å². The molecule has 0 aliphatic carbocycles. The molecular formula is C12H9N3OS. The fraction of sp³-hybridized carbons (Fsp3) is 0.0833. The van der Waals surface area contributed by atoms with E-state index in [0.717, 1.165) is 5.00 Å². The van der Waals surface area contributed by atoms with Gasteiger partial charge in [0, 0.05) is 18.8 Å². The van der Waals surface area contributed by atoms with Crippen LogP contribution in [-0.2, 0) is 0 Å². The number of hydrogen-bond donors (Lipinski definition) is 0. The Morgan fingerprint density at radius 3 is 3.00 bits per heavy atom. The highest BCUT2D eigenvalue weighted by Gasteiger charge is 2.14. The van der Waals surface area contributed by atoms with E-state index in [1.54, 1.807) is 18.0 Å². The van der Waals surface area contributed by atoms with Gasteiger partial charge in [0.1, 0.15) is 11.8 Å². The van der Waals surface area contributed by atoms with E-state index in [-0.39, 0.29) is 11.6 Å². The maximum atomic E-state index is 12.1. The van der Waals surface area contributed by atoms with Gasteiger partial charge >= 0.3 is 0 Å². The van der Waals surface area contributed by atoms with Crippen molar-refractivity contribution in [3.63, 3.8) is 0 Å². The van der Waals surface area contributed by atoms with Crippen LogP contribution in [0.15, 0.2) is 35.8 Å². The van der Waals surface area contributed by atoms with E-state index in [1.807, 2.05) is 23.6 Å². The van der Waals surface area contributed by atoms with Crippen LogP contribution in [0.3, 0.4) is 0 Å². The lowest BCUT2D eigenvalue weighted by Crippen LogP contribution is -2.25. The molecule has 0 bridgehead atoms. The molecular weight excluding hydrogens is 234 g/mol. The van der Waals surface area contributed by atoms with Gasteiger partial charge in [0.05, 0.1) is 5.00 Å². The first kappa shape index (κ1) is 11.3. The first-order valence-corrected chi connectivity index (χ1v) is 5.78. The lowest BCUT2D eigenvalue weighted by Gasteiger charge is -2.14. The smallest absolute Gasteiger partial charge is 0.258 e. The lowest BCUT2D eigenvalue weighted by molar-refractivity contribution is 0.0993. The Labute approximate surface area is 103 Å². The molecule has 0 unspecified atom stereocenters. The first-order chi connectivity index (χ1) is 8.22. The summed E-state index contributed by atoms with van der Waals surface area (Å²) >= 11 is 1.49. The summed E-state index contributed by atoms with van der Waals surface area (Å²) in [5, 5.41) is 11.5. The summed E-state index contributed by atoms with van der Waals surface area (Å²) in [6, 6.07) is 8.77. The molecule has 0 saturated heterocycles. The van der Waals surface area contributed by atoms with Gasteiger partial charge in [0.2, 0.25) is 0 Å². The topological polar surface area (TPSA) is 57.0 Å². The summed E-state index contributed by atoms with van der Waals surface area (Å²) < 4.78 is 0. The number of amides is 1. The summed E-state index contributed by atoms with van der Waals surface area (Å²) in [5.74, 6) is -0.147. The quantitative estimate of drug-likeness (QED) is 0.813. The minimum Gasteiger partial charge on any atom is -0.303 e. The van der Waals surface area contributed by atoms with E-state index in [0.29, 0.717) is 5.56 Å². The van der Waals surface area contributed by atoms with Crippen molar-refractivity contribution >= 4 is 22.2 Å². The molecule has 0 aromatic carbocycles. The van der Waals surface area contributed by atoms with Crippen LogP contribution in [0, 0.1) is 11.3 Å². The van der Waals surface area contributed by atoms with E-state index in [1.165, 1.54) is 23.6 Å². The fourth-order valence-electron chi connectivity index (χ4n) is 1.38. The molecule has 0 atom stereocenters. The number of rotatable bonds is 2. The summed E-state index contributed by atoms with van der Waals surface area (Å²) in [6.07, 6.45) is 1.47. The van der Waals surface area contributed by atoms with Crippen LogP contribution in [0.4, 0.5) is 5.00 Å². The molecule has 0 aliphatic rings. The van der Waals surface area contributed by atoms with Crippen molar-refractivity contribution in [2.24, 2.45) is 0 Å². The average molecular weight is 243 g/mol. The van der Waals surface area contributed by atoms with Crippen LogP contribution in [0.25, 0.3) is 0 Å². The predicted molar refractivity (Wildman–Crippen MR) is 66.0 cm³/mol. The molecule has 17 heavy (non-hydrogen) atoms. The number of thiophene rings is 1. The zero-order chi connectivity index (χ0) is 12.3. The second-order valence-electron chi connectivity index (χ2n) is 3.36. The molecule has 4 nitrogen and oxygen atoms in total. The van der Waals surface area contributed by atoms with Crippen LogP contribution < -0.4 is 4.90 Å². The molecule has 0 fully saturated rings. The Hall–Kier alpha value is -2.19. The highest BCUT2D eigenvalue weighted by atomic mass is 32.1. The van der Waals surface area contributed by atoms with Crippen LogP contribution in [0.1, 0.15) is 16.1 Å². The number of carbonyl (C=O) groups excluding carboxylic acids is 1. The van der Waals surface area contributed by atoms with Crippen LogP contribution >= 0.6 is 11.3 Å². The second-order valence-corrected chi connectivity index (χ2v) is 4.28. The molecule has 2 aromatic heterocycles. The standard InChI is InChI=1S/C12H9N3OS/c1-15(11-3-2-6-17-11)12(16)9-4-5-14-10(7-9)8-13/h2-7H,1H3. The summed E-state index contributed by atoms with van der Waals surface area (Å²) in [5.41, 5.74) is 0.711. The van der Waals surface area contributed by atoms with Gasteiger partial charge in [0.15, 0.2) is 0 Å². The van der Waals surface area contributed by atoms with E-state index < -0.39 is 0 Å². The van der Waals surface area contributed by atoms with Gasteiger partial charge in [-0.25, -0.2) is 4.98 Å². The Morgan fingerprint density at radius 2 is 2.35 bits per heavy atom. The normalized spacial score (nSPS) is 9.65. The number of nitrogens with zero attached hydrogens (tertiary/aromatic N) is 3. The summed E-state index contributed by atoms with van der Waals surface area (Å²) in [6.45, 7) is 0. The summed E-state index contributed by atoms with van der Waals surface area (Å²) in [7, 11) is 1.71. The Kier molecular flexibility index (Phi) is 3.17. The van der Waals surface area contributed by atoms with Crippen LogP contribution in [0.5, 0.6) is 0 Å². The lowest BCUT2D eigenvalue weighted by atomic mass is 10.2. The maximum Gasteiger partial charge on any atom is 0.258 e. The van der Waals surface area contributed by atoms with Crippen LogP contribution in [-0.4, -0.2) is 17.9 Å². The van der Waals surface area contributed by atoms with Gasteiger partial charge in [-0.3, -0.25) is 4.79 Å². The maximum absolute atomic E-state index is 12.1. The molecule has 0 radical (unpaired) electrons. The van der Waals surface area contributed by atoms with Gasteiger partial charge in [-0.05, 0) is 29.6 Å². The molecule has 2 heterocycles. The fourth-order valence-corrected chi connectivity index (χ4v) is 2.07. The van der Waals surface area contributed by atoms with Gasteiger partial charge in [0.25, 0.3) is 5.91 Å². The third kappa shape index (κ3) is 2.32. The monoisotopic (exact) mass is 243 g/mol. The van der Waals surface area contributed by atoms with E-state index in [9.17, 15) is 4.79 Å². The number of nitriles is 1. The molecule has 0 aliphatic heterocycles. The van der Waals surface area contributed by atoms with Crippen molar-refractivity contribution in [2.75, 3.05) is 11.9 Å². The molecule has 1 amide bonds. The number of anilines is 1. The molecule has 0 saturated carbocycles. The highest BCUT2D eigenvalue weighted by molar-refractivity contribution is 7.14. The van der Waals surface area contributed by atoms with Crippen molar-refractivity contribution in [2.45, 2.75) is 0 Å². The van der Waals surface area contributed by atoms with Crippen molar-refractivity contribution in [1.82, 2.24) is 4.98 Å². The van der Waals surface area contributed by atoms with Crippen molar-refractivity contribution in [3.8, 4) is 6.07 Å². The zero-order valence-electron chi connectivity index (χ0n) is 9.12. The first-order valence-electron chi connectivity index (χ1n) is 4.90. The molecule has 0 N–H and O–H groups in total. The number of carbonyl (C=O) groups is 1. The minimum absolute atomic E-state index is 0.147. The minimum atomic E-state index is -0.147. The molecule has 2 rings (SSSR count). The SMILES string of the molecule is CN(C(=O)c1ccnc(C#N)c1)c1cccs1. The van der Waals surface area contributed by atoms with Crippen molar-refractivity contribution in [1.29, 1.82) is 5.26 Å². The molecule has 0 spiro atoms. The van der Waals surface area contributed by atoms with Gasteiger partial charge < -0.3 is 4.90 Å². The second kappa shape index (κ2) is 4.76. The van der Waals surface area contributed by atoms with Crippen molar-refractivity contribution in [3.05, 3.63) is 47.1 Å². The van der Waals surface area contributed by atoms with E-state index in [4.69, 9.17) is 5.26 Å². The Morgan fingerprint density at radius 1 is 1.53 bits per heavy atom. The third-order valence-corrected chi connectivity index (χ3v) is 3.21. The van der Waals surface area contributed by atoms with E-state index >= 15 is 0 Å². The largest absolute Gasteiger partial charge is 0.303 e. The number of pyridine rings is 1. The van der Waals surface area contributed by atoms with Gasteiger partial charge in [-0.1, -0.05) is 0 Å². The highest BCUT2D eigenvalue weighted by Crippen LogP contribution is 2.21. The molecule has 2 aromatic rings. The summed E-state index contributed by atoms with van der Waals surface area (Å²) in [4.78, 5) is 17.5. The Bertz CT molecular complexity index is 572. The molecule has 5 heteroatoms. The Balaban J connectivity index is 2.28. The molecule has 84 valence electrons. The average Bonchev–Trinajstić information content (AvgIpc) is 2.91. The third-order valence-electron chi connectivity index (χ3n) is 2.26. The predicted octanol–water partition coefficient (Wildman–Crippen LogP) is 2.29. The number of aromatic nitrogens is 1. The number of hydrogen-bond acceptors (Lipinski definition) is 4. The zero-order valence-corrected chi connectivity index (χ0v) is 9.94. The van der Waals surface area contributed by atoms with Crippen molar-refractivity contribution < 1.29 is 4.79 Å².